The monoisotopic (exact) mass is 490 g/mol. The molecule has 2 atom stereocenters. The van der Waals surface area contributed by atoms with Gasteiger partial charge in [0.25, 0.3) is 5.91 Å². The largest absolute Gasteiger partial charge is 0.352 e. The summed E-state index contributed by atoms with van der Waals surface area (Å²) >= 11 is 0. The van der Waals surface area contributed by atoms with E-state index in [4.69, 9.17) is 0 Å². The molecule has 2 aromatic carbocycles. The summed E-state index contributed by atoms with van der Waals surface area (Å²) in [6.07, 6.45) is 4.09. The van der Waals surface area contributed by atoms with Crippen LogP contribution < -0.4 is 10.6 Å². The van der Waals surface area contributed by atoms with Gasteiger partial charge in [-0.2, -0.15) is 0 Å². The molecule has 1 heterocycles. The Morgan fingerprint density at radius 2 is 1.61 bits per heavy atom. The van der Waals surface area contributed by atoms with Crippen LogP contribution in [0.4, 0.5) is 10.5 Å². The summed E-state index contributed by atoms with van der Waals surface area (Å²) < 4.78 is 0. The van der Waals surface area contributed by atoms with Gasteiger partial charge in [0, 0.05) is 12.6 Å². The average Bonchev–Trinajstić information content (AvgIpc) is 3.08. The van der Waals surface area contributed by atoms with Crippen LogP contribution in [-0.4, -0.2) is 58.6 Å². The number of anilines is 1. The molecule has 2 N–H and O–H groups in total. The molecule has 188 valence electrons. The van der Waals surface area contributed by atoms with Crippen LogP contribution in [0.1, 0.15) is 48.5 Å². The molecule has 0 radical (unpaired) electrons. The van der Waals surface area contributed by atoms with E-state index in [0.717, 1.165) is 29.7 Å². The number of rotatable bonds is 8. The molecule has 0 spiro atoms. The van der Waals surface area contributed by atoms with E-state index >= 15 is 0 Å². The van der Waals surface area contributed by atoms with Gasteiger partial charge in [-0.15, -0.1) is 0 Å². The van der Waals surface area contributed by atoms with Crippen molar-refractivity contribution in [2.45, 2.75) is 45.1 Å². The molecule has 9 heteroatoms. The maximum Gasteiger partial charge on any atom is 0.334 e. The van der Waals surface area contributed by atoms with Gasteiger partial charge in [0.2, 0.25) is 5.91 Å². The number of para-hydroxylation sites is 1. The molecule has 0 aromatic heterocycles. The summed E-state index contributed by atoms with van der Waals surface area (Å²) in [7, 11) is 0. The van der Waals surface area contributed by atoms with Crippen molar-refractivity contribution < 1.29 is 24.0 Å². The van der Waals surface area contributed by atoms with Gasteiger partial charge in [0.15, 0.2) is 0 Å². The number of urea groups is 1. The van der Waals surface area contributed by atoms with E-state index in [2.05, 4.69) is 10.6 Å². The predicted molar refractivity (Wildman–Crippen MR) is 133 cm³/mol. The minimum atomic E-state index is -1.00. The first-order valence-electron chi connectivity index (χ1n) is 12.3. The molecule has 2 aromatic rings. The number of benzene rings is 2. The molecule has 36 heavy (non-hydrogen) atoms. The number of nitrogens with one attached hydrogen (secondary N) is 2. The lowest BCUT2D eigenvalue weighted by Gasteiger charge is -2.34. The van der Waals surface area contributed by atoms with Gasteiger partial charge in [-0.3, -0.25) is 24.1 Å². The van der Waals surface area contributed by atoms with Crippen LogP contribution in [0.3, 0.4) is 0 Å². The third-order valence-corrected chi connectivity index (χ3v) is 6.77. The summed E-state index contributed by atoms with van der Waals surface area (Å²) in [4.78, 5) is 65.3. The molecule has 1 aliphatic carbocycles. The summed E-state index contributed by atoms with van der Waals surface area (Å²) in [5, 5.41) is 5.45. The van der Waals surface area contributed by atoms with E-state index in [1.165, 1.54) is 0 Å². The highest BCUT2D eigenvalue weighted by Crippen LogP contribution is 2.31. The zero-order valence-corrected chi connectivity index (χ0v) is 20.2. The van der Waals surface area contributed by atoms with Crippen LogP contribution in [0.5, 0.6) is 0 Å². The van der Waals surface area contributed by atoms with Crippen LogP contribution in [0.25, 0.3) is 0 Å². The topological polar surface area (TPSA) is 116 Å². The SMILES string of the molecule is C[C@H]1CCCC[C@H]1N1C(=O)C(=O)N(CC(=O)Nc2ccccc2C(=O)NCCc2ccccc2)C1=O. The maximum absolute atomic E-state index is 12.9. The molecular formula is C27H30N4O5. The second-order valence-electron chi connectivity index (χ2n) is 9.26. The summed E-state index contributed by atoms with van der Waals surface area (Å²) in [5.74, 6) is -2.82. The van der Waals surface area contributed by atoms with E-state index in [1.807, 2.05) is 37.3 Å². The Bertz CT molecular complexity index is 1170. The van der Waals surface area contributed by atoms with Gasteiger partial charge in [-0.25, -0.2) is 9.69 Å². The van der Waals surface area contributed by atoms with E-state index < -0.39 is 30.3 Å². The Morgan fingerprint density at radius 3 is 2.36 bits per heavy atom. The van der Waals surface area contributed by atoms with E-state index in [9.17, 15) is 24.0 Å². The van der Waals surface area contributed by atoms with Crippen molar-refractivity contribution in [1.29, 1.82) is 0 Å². The Balaban J connectivity index is 1.38. The second-order valence-corrected chi connectivity index (χ2v) is 9.26. The number of nitrogens with zero attached hydrogens (tertiary/aromatic N) is 2. The van der Waals surface area contributed by atoms with Gasteiger partial charge in [0.05, 0.1) is 11.3 Å². The van der Waals surface area contributed by atoms with Crippen LogP contribution in [0.2, 0.25) is 0 Å². The maximum atomic E-state index is 12.9. The highest BCUT2D eigenvalue weighted by atomic mass is 16.2. The minimum absolute atomic E-state index is 0.0977. The Morgan fingerprint density at radius 1 is 0.917 bits per heavy atom. The Labute approximate surface area is 209 Å². The lowest BCUT2D eigenvalue weighted by molar-refractivity contribution is -0.145. The summed E-state index contributed by atoms with van der Waals surface area (Å²) in [6, 6.07) is 15.1. The van der Waals surface area contributed by atoms with Crippen molar-refractivity contribution in [3.05, 3.63) is 65.7 Å². The van der Waals surface area contributed by atoms with E-state index in [-0.39, 0.29) is 29.1 Å². The van der Waals surface area contributed by atoms with Crippen molar-refractivity contribution in [3.8, 4) is 0 Å². The molecule has 9 nitrogen and oxygen atoms in total. The number of imide groups is 2. The minimum Gasteiger partial charge on any atom is -0.352 e. The van der Waals surface area contributed by atoms with Gasteiger partial charge < -0.3 is 10.6 Å². The molecule has 2 aliphatic rings. The molecule has 1 aliphatic heterocycles. The third-order valence-electron chi connectivity index (χ3n) is 6.77. The predicted octanol–water partition coefficient (Wildman–Crippen LogP) is 2.97. The average molecular weight is 491 g/mol. The van der Waals surface area contributed by atoms with Crippen LogP contribution in [0.15, 0.2) is 54.6 Å². The standard InChI is InChI=1S/C27H30N4O5/c1-18-9-5-8-14-22(18)31-26(35)25(34)30(27(31)36)17-23(32)29-21-13-7-6-12-20(21)24(33)28-16-15-19-10-3-2-4-11-19/h2-4,6-7,10-13,18,22H,5,8-9,14-17H2,1H3,(H,28,33)(H,29,32)/t18-,22+/m0/s1. The van der Waals surface area contributed by atoms with Crippen molar-refractivity contribution in [1.82, 2.24) is 15.1 Å². The van der Waals surface area contributed by atoms with Gasteiger partial charge in [-0.05, 0) is 42.9 Å². The van der Waals surface area contributed by atoms with Crippen molar-refractivity contribution in [3.63, 3.8) is 0 Å². The summed E-state index contributed by atoms with van der Waals surface area (Å²) in [5.41, 5.74) is 1.60. The lowest BCUT2D eigenvalue weighted by atomic mass is 9.85. The number of carbonyl (C=O) groups excluding carboxylic acids is 5. The van der Waals surface area contributed by atoms with Crippen LogP contribution in [0, 0.1) is 5.92 Å². The molecule has 1 saturated heterocycles. The first kappa shape index (κ1) is 25.1. The Kier molecular flexibility index (Phi) is 7.77. The number of hydrogen-bond acceptors (Lipinski definition) is 5. The molecule has 4 rings (SSSR count). The first-order chi connectivity index (χ1) is 17.4. The Hall–Kier alpha value is -4.01. The molecular weight excluding hydrogens is 460 g/mol. The highest BCUT2D eigenvalue weighted by Gasteiger charge is 2.49. The van der Waals surface area contributed by atoms with Crippen molar-refractivity contribution in [2.24, 2.45) is 5.92 Å². The van der Waals surface area contributed by atoms with E-state index in [1.54, 1.807) is 24.3 Å². The second kappa shape index (κ2) is 11.2. The van der Waals surface area contributed by atoms with Crippen LogP contribution in [-0.2, 0) is 20.8 Å². The fourth-order valence-corrected chi connectivity index (χ4v) is 4.82. The fourth-order valence-electron chi connectivity index (χ4n) is 4.82. The van der Waals surface area contributed by atoms with Gasteiger partial charge in [-0.1, -0.05) is 62.2 Å². The smallest absolute Gasteiger partial charge is 0.334 e. The number of hydrogen-bond donors (Lipinski definition) is 2. The number of amides is 6. The first-order valence-corrected chi connectivity index (χ1v) is 12.3. The zero-order valence-electron chi connectivity index (χ0n) is 20.2. The molecule has 2 fully saturated rings. The molecule has 0 unspecified atom stereocenters. The number of carbonyl (C=O) groups is 5. The quantitative estimate of drug-likeness (QED) is 0.436. The van der Waals surface area contributed by atoms with Gasteiger partial charge in [0.1, 0.15) is 6.54 Å². The van der Waals surface area contributed by atoms with Crippen molar-refractivity contribution in [2.75, 3.05) is 18.4 Å². The van der Waals surface area contributed by atoms with Gasteiger partial charge >= 0.3 is 17.8 Å². The molecule has 0 bridgehead atoms. The normalized spacial score (nSPS) is 20.0. The molecule has 1 saturated carbocycles. The van der Waals surface area contributed by atoms with E-state index in [0.29, 0.717) is 24.3 Å². The summed E-state index contributed by atoms with van der Waals surface area (Å²) in [6.45, 7) is 1.77. The highest BCUT2D eigenvalue weighted by molar-refractivity contribution is 6.45. The van der Waals surface area contributed by atoms with Crippen molar-refractivity contribution >= 4 is 35.3 Å². The third kappa shape index (κ3) is 5.45. The lowest BCUT2D eigenvalue weighted by Crippen LogP contribution is -2.46. The van der Waals surface area contributed by atoms with Crippen LogP contribution >= 0.6 is 0 Å². The fraction of sp³-hybridized carbons (Fsp3) is 0.370. The zero-order chi connectivity index (χ0) is 25.7. The molecule has 6 amide bonds.